The number of para-hydroxylation sites is 1. The first-order valence-electron chi connectivity index (χ1n) is 7.81. The average Bonchev–Trinajstić information content (AvgIpc) is 2.85. The minimum Gasteiger partial charge on any atom is -0.324 e. The van der Waals surface area contributed by atoms with E-state index in [0.717, 1.165) is 16.9 Å². The minimum absolute atomic E-state index is 0.399. The highest BCUT2D eigenvalue weighted by Gasteiger charge is 2.20. The van der Waals surface area contributed by atoms with Gasteiger partial charge in [-0.1, -0.05) is 38.2 Å². The predicted octanol–water partition coefficient (Wildman–Crippen LogP) is 4.93. The molecular formula is C17H20ClN3. The molecule has 0 amide bonds. The monoisotopic (exact) mass is 301 g/mol. The summed E-state index contributed by atoms with van der Waals surface area (Å²) in [4.78, 5) is 4.64. The van der Waals surface area contributed by atoms with E-state index in [4.69, 9.17) is 11.6 Å². The Morgan fingerprint density at radius 1 is 1.19 bits per heavy atom. The maximum Gasteiger partial charge on any atom is 0.125 e. The second kappa shape index (κ2) is 6.49. The molecule has 1 saturated carbocycles. The summed E-state index contributed by atoms with van der Waals surface area (Å²) in [6.07, 6.45) is 8.91. The number of imidazole rings is 1. The van der Waals surface area contributed by atoms with Gasteiger partial charge in [-0.05, 0) is 25.0 Å². The maximum absolute atomic E-state index is 9.27. The van der Waals surface area contributed by atoms with Crippen LogP contribution in [0.3, 0.4) is 0 Å². The van der Waals surface area contributed by atoms with Gasteiger partial charge in [0.2, 0.25) is 0 Å². The lowest BCUT2D eigenvalue weighted by molar-refractivity contribution is 0.373. The van der Waals surface area contributed by atoms with E-state index in [1.165, 1.54) is 44.9 Å². The highest BCUT2D eigenvalue weighted by Crippen LogP contribution is 2.32. The molecule has 2 aromatic rings. The van der Waals surface area contributed by atoms with Gasteiger partial charge in [-0.15, -0.1) is 11.6 Å². The van der Waals surface area contributed by atoms with Crippen LogP contribution in [0.25, 0.3) is 11.0 Å². The van der Waals surface area contributed by atoms with Crippen LogP contribution in [-0.2, 0) is 5.88 Å². The van der Waals surface area contributed by atoms with Crippen molar-refractivity contribution in [2.75, 3.05) is 0 Å². The van der Waals surface area contributed by atoms with Gasteiger partial charge in [-0.3, -0.25) is 0 Å². The number of hydrogen-bond donors (Lipinski definition) is 0. The van der Waals surface area contributed by atoms with Crippen molar-refractivity contribution in [3.05, 3.63) is 29.6 Å². The summed E-state index contributed by atoms with van der Waals surface area (Å²) in [6.45, 7) is 0. The third-order valence-electron chi connectivity index (χ3n) is 4.47. The van der Waals surface area contributed by atoms with E-state index in [1.807, 2.05) is 12.1 Å². The zero-order valence-electron chi connectivity index (χ0n) is 12.2. The first-order chi connectivity index (χ1) is 10.3. The van der Waals surface area contributed by atoms with Crippen molar-refractivity contribution in [3.8, 4) is 6.07 Å². The molecule has 1 aliphatic carbocycles. The zero-order chi connectivity index (χ0) is 14.7. The van der Waals surface area contributed by atoms with Crippen LogP contribution in [0.15, 0.2) is 18.2 Å². The largest absolute Gasteiger partial charge is 0.324 e. The molecule has 1 heterocycles. The summed E-state index contributed by atoms with van der Waals surface area (Å²) in [6, 6.07) is 8.55. The lowest BCUT2D eigenvalue weighted by Gasteiger charge is -2.23. The Morgan fingerprint density at radius 3 is 2.57 bits per heavy atom. The van der Waals surface area contributed by atoms with Gasteiger partial charge in [0.05, 0.1) is 17.0 Å². The maximum atomic E-state index is 9.27. The van der Waals surface area contributed by atoms with Crippen molar-refractivity contribution >= 4 is 22.6 Å². The van der Waals surface area contributed by atoms with Gasteiger partial charge in [0.1, 0.15) is 17.4 Å². The Bertz CT molecular complexity index is 660. The number of nitrogens with zero attached hydrogens (tertiary/aromatic N) is 3. The standard InChI is InChI=1S/C17H20ClN3/c18-11-16-20-17-13(12-19)7-6-10-15(17)21(16)14-8-4-2-1-3-5-9-14/h6-7,10,14H,1-5,8-9,11H2. The minimum atomic E-state index is 0.399. The van der Waals surface area contributed by atoms with Crippen LogP contribution in [0.5, 0.6) is 0 Å². The fourth-order valence-corrected chi connectivity index (χ4v) is 3.64. The second-order valence-electron chi connectivity index (χ2n) is 5.82. The van der Waals surface area contributed by atoms with Crippen LogP contribution in [-0.4, -0.2) is 9.55 Å². The van der Waals surface area contributed by atoms with Crippen LogP contribution in [0.2, 0.25) is 0 Å². The van der Waals surface area contributed by atoms with Crippen molar-refractivity contribution in [3.63, 3.8) is 0 Å². The van der Waals surface area contributed by atoms with E-state index >= 15 is 0 Å². The Hall–Kier alpha value is -1.53. The molecule has 0 aliphatic heterocycles. The zero-order valence-corrected chi connectivity index (χ0v) is 12.9. The molecule has 0 unspecified atom stereocenters. The molecule has 110 valence electrons. The third-order valence-corrected chi connectivity index (χ3v) is 4.71. The lowest BCUT2D eigenvalue weighted by atomic mass is 9.96. The average molecular weight is 302 g/mol. The van der Waals surface area contributed by atoms with Gasteiger partial charge >= 0.3 is 0 Å². The van der Waals surface area contributed by atoms with Gasteiger partial charge in [-0.25, -0.2) is 4.98 Å². The van der Waals surface area contributed by atoms with Crippen LogP contribution in [0, 0.1) is 11.3 Å². The summed E-state index contributed by atoms with van der Waals surface area (Å²) in [5.74, 6) is 1.30. The molecule has 0 bridgehead atoms. The fourth-order valence-electron chi connectivity index (χ4n) is 3.45. The quantitative estimate of drug-likeness (QED) is 0.738. The first kappa shape index (κ1) is 14.4. The second-order valence-corrected chi connectivity index (χ2v) is 6.08. The summed E-state index contributed by atoms with van der Waals surface area (Å²) in [5.41, 5.74) is 2.51. The number of benzene rings is 1. The first-order valence-corrected chi connectivity index (χ1v) is 8.34. The highest BCUT2D eigenvalue weighted by atomic mass is 35.5. The molecule has 0 N–H and O–H groups in total. The summed E-state index contributed by atoms with van der Waals surface area (Å²) >= 11 is 6.13. The molecule has 0 saturated heterocycles. The van der Waals surface area contributed by atoms with E-state index in [-0.39, 0.29) is 0 Å². The highest BCUT2D eigenvalue weighted by molar-refractivity contribution is 6.16. The van der Waals surface area contributed by atoms with Crippen LogP contribution >= 0.6 is 11.6 Å². The lowest BCUT2D eigenvalue weighted by Crippen LogP contribution is -2.13. The summed E-state index contributed by atoms with van der Waals surface area (Å²) in [7, 11) is 0. The molecule has 1 aromatic carbocycles. The Morgan fingerprint density at radius 2 is 1.90 bits per heavy atom. The van der Waals surface area contributed by atoms with Gasteiger partial charge in [0.25, 0.3) is 0 Å². The molecule has 0 atom stereocenters. The molecule has 1 aromatic heterocycles. The topological polar surface area (TPSA) is 41.6 Å². The molecule has 3 nitrogen and oxygen atoms in total. The van der Waals surface area contributed by atoms with E-state index in [9.17, 15) is 5.26 Å². The number of nitriles is 1. The third kappa shape index (κ3) is 2.78. The molecule has 3 rings (SSSR count). The number of fused-ring (bicyclic) bond motifs is 1. The molecule has 0 radical (unpaired) electrons. The number of aromatic nitrogens is 2. The van der Waals surface area contributed by atoms with E-state index in [0.29, 0.717) is 17.5 Å². The number of alkyl halides is 1. The van der Waals surface area contributed by atoms with Gasteiger partial charge in [0.15, 0.2) is 0 Å². The van der Waals surface area contributed by atoms with Gasteiger partial charge in [0, 0.05) is 6.04 Å². The van der Waals surface area contributed by atoms with E-state index in [1.54, 1.807) is 0 Å². The van der Waals surface area contributed by atoms with Crippen molar-refractivity contribution in [2.24, 2.45) is 0 Å². The number of hydrogen-bond acceptors (Lipinski definition) is 2. The smallest absolute Gasteiger partial charge is 0.125 e. The summed E-state index contributed by atoms with van der Waals surface area (Å²) < 4.78 is 2.30. The fraction of sp³-hybridized carbons (Fsp3) is 0.529. The number of halogens is 1. The SMILES string of the molecule is N#Cc1cccc2c1nc(CCl)n2C1CCCCCCC1. The molecule has 1 aliphatic rings. The molecule has 1 fully saturated rings. The Labute approximate surface area is 130 Å². The van der Waals surface area contributed by atoms with Gasteiger partial charge in [-0.2, -0.15) is 5.26 Å². The molecule has 4 heteroatoms. The summed E-state index contributed by atoms with van der Waals surface area (Å²) in [5, 5.41) is 9.27. The van der Waals surface area contributed by atoms with E-state index in [2.05, 4.69) is 21.7 Å². The van der Waals surface area contributed by atoms with Gasteiger partial charge < -0.3 is 4.57 Å². The van der Waals surface area contributed by atoms with Crippen molar-refractivity contribution in [2.45, 2.75) is 56.9 Å². The van der Waals surface area contributed by atoms with Crippen molar-refractivity contribution in [1.82, 2.24) is 9.55 Å². The number of rotatable bonds is 2. The van der Waals surface area contributed by atoms with Crippen LogP contribution < -0.4 is 0 Å². The molecule has 21 heavy (non-hydrogen) atoms. The van der Waals surface area contributed by atoms with E-state index < -0.39 is 0 Å². The normalized spacial score (nSPS) is 17.3. The van der Waals surface area contributed by atoms with Crippen molar-refractivity contribution < 1.29 is 0 Å². The van der Waals surface area contributed by atoms with Crippen LogP contribution in [0.4, 0.5) is 0 Å². The van der Waals surface area contributed by atoms with Crippen molar-refractivity contribution in [1.29, 1.82) is 5.26 Å². The Kier molecular flexibility index (Phi) is 4.45. The van der Waals surface area contributed by atoms with Crippen LogP contribution in [0.1, 0.15) is 62.4 Å². The Balaban J connectivity index is 2.09. The predicted molar refractivity (Wildman–Crippen MR) is 85.4 cm³/mol. The molecular weight excluding hydrogens is 282 g/mol. The molecule has 0 spiro atoms.